The van der Waals surface area contributed by atoms with Crippen molar-refractivity contribution in [3.8, 4) is 11.3 Å². The average Bonchev–Trinajstić information content (AvgIpc) is 3.11. The van der Waals surface area contributed by atoms with Gasteiger partial charge in [0.1, 0.15) is 11.4 Å². The van der Waals surface area contributed by atoms with Crippen molar-refractivity contribution in [3.63, 3.8) is 0 Å². The number of benzene rings is 2. The first-order valence-corrected chi connectivity index (χ1v) is 8.89. The number of anilines is 1. The van der Waals surface area contributed by atoms with Crippen molar-refractivity contribution in [1.29, 1.82) is 0 Å². The van der Waals surface area contributed by atoms with Gasteiger partial charge in [-0.3, -0.25) is 4.79 Å². The molecule has 152 valence electrons. The molecule has 0 fully saturated rings. The number of hydrogen-bond donors (Lipinski definition) is 1. The smallest absolute Gasteiger partial charge is 0.322 e. The van der Waals surface area contributed by atoms with Crippen LogP contribution in [0.25, 0.3) is 16.9 Å². The van der Waals surface area contributed by atoms with Gasteiger partial charge in [0, 0.05) is 16.3 Å². The molecule has 0 atom stereocenters. The summed E-state index contributed by atoms with van der Waals surface area (Å²) in [4.78, 5) is 16.9. The van der Waals surface area contributed by atoms with E-state index in [2.05, 4.69) is 15.4 Å². The zero-order valence-electron chi connectivity index (χ0n) is 14.9. The fraction of sp³-hybridized carbons (Fsp3) is 0.0500. The lowest BCUT2D eigenvalue weighted by molar-refractivity contribution is -0.142. The Hall–Kier alpha value is -3.46. The van der Waals surface area contributed by atoms with Gasteiger partial charge >= 0.3 is 6.18 Å². The van der Waals surface area contributed by atoms with E-state index in [1.165, 1.54) is 18.2 Å². The molecule has 1 N–H and O–H groups in total. The molecule has 0 aliphatic carbocycles. The molecule has 0 aliphatic heterocycles. The van der Waals surface area contributed by atoms with Crippen molar-refractivity contribution in [3.05, 3.63) is 82.9 Å². The Morgan fingerprint density at radius 3 is 2.47 bits per heavy atom. The number of nitrogens with zero attached hydrogens (tertiary/aromatic N) is 3. The van der Waals surface area contributed by atoms with E-state index >= 15 is 0 Å². The topological polar surface area (TPSA) is 59.3 Å². The number of halogens is 5. The molecule has 0 unspecified atom stereocenters. The number of fused-ring (bicyclic) bond motifs is 1. The largest absolute Gasteiger partial charge is 0.433 e. The Morgan fingerprint density at radius 2 is 1.80 bits per heavy atom. The van der Waals surface area contributed by atoms with E-state index in [0.29, 0.717) is 15.2 Å². The first kappa shape index (κ1) is 19.8. The molecule has 4 aromatic rings. The molecule has 30 heavy (non-hydrogen) atoms. The molecule has 2 heterocycles. The van der Waals surface area contributed by atoms with Crippen molar-refractivity contribution in [2.45, 2.75) is 6.18 Å². The molecule has 5 nitrogen and oxygen atoms in total. The molecule has 0 spiro atoms. The fourth-order valence-electron chi connectivity index (χ4n) is 2.86. The Bertz CT molecular complexity index is 1250. The van der Waals surface area contributed by atoms with Crippen LogP contribution in [0.3, 0.4) is 0 Å². The van der Waals surface area contributed by atoms with Crippen LogP contribution in [-0.4, -0.2) is 20.5 Å². The monoisotopic (exact) mass is 434 g/mol. The average molecular weight is 435 g/mol. The van der Waals surface area contributed by atoms with Gasteiger partial charge in [-0.1, -0.05) is 17.7 Å². The van der Waals surface area contributed by atoms with Crippen molar-refractivity contribution in [1.82, 2.24) is 14.6 Å². The highest BCUT2D eigenvalue weighted by Crippen LogP contribution is 2.33. The second kappa shape index (κ2) is 7.42. The van der Waals surface area contributed by atoms with Gasteiger partial charge in [-0.25, -0.2) is 13.9 Å². The molecule has 0 saturated carbocycles. The highest BCUT2D eigenvalue weighted by Gasteiger charge is 2.36. The van der Waals surface area contributed by atoms with Crippen molar-refractivity contribution >= 4 is 28.8 Å². The van der Waals surface area contributed by atoms with Crippen LogP contribution in [0.5, 0.6) is 0 Å². The molecule has 0 aliphatic rings. The number of rotatable bonds is 3. The first-order chi connectivity index (χ1) is 14.2. The lowest BCUT2D eigenvalue weighted by Crippen LogP contribution is -2.15. The third kappa shape index (κ3) is 3.84. The molecule has 1 amide bonds. The van der Waals surface area contributed by atoms with Crippen LogP contribution >= 0.6 is 11.6 Å². The van der Waals surface area contributed by atoms with Crippen LogP contribution in [0.15, 0.2) is 60.8 Å². The maximum Gasteiger partial charge on any atom is 0.433 e. The molecular formula is C20H11ClF4N4O. The van der Waals surface area contributed by atoms with Gasteiger partial charge in [0.15, 0.2) is 11.3 Å². The summed E-state index contributed by atoms with van der Waals surface area (Å²) in [7, 11) is 0. The van der Waals surface area contributed by atoms with E-state index in [4.69, 9.17) is 11.6 Å². The predicted octanol–water partition coefficient (Wildman–Crippen LogP) is 5.46. The lowest BCUT2D eigenvalue weighted by atomic mass is 10.1. The zero-order chi connectivity index (χ0) is 21.5. The molecule has 2 aromatic carbocycles. The second-order valence-electron chi connectivity index (χ2n) is 6.29. The molecule has 10 heteroatoms. The number of carbonyl (C=O) groups excluding carboxylic acids is 1. The number of alkyl halides is 3. The Morgan fingerprint density at radius 1 is 1.07 bits per heavy atom. The minimum Gasteiger partial charge on any atom is -0.322 e. The van der Waals surface area contributed by atoms with Crippen molar-refractivity contribution < 1.29 is 22.4 Å². The minimum atomic E-state index is -4.76. The van der Waals surface area contributed by atoms with E-state index in [1.54, 1.807) is 18.2 Å². The van der Waals surface area contributed by atoms with E-state index in [1.807, 2.05) is 0 Å². The number of carbonyl (C=O) groups is 1. The highest BCUT2D eigenvalue weighted by atomic mass is 35.5. The minimum absolute atomic E-state index is 0.0767. The van der Waals surface area contributed by atoms with E-state index < -0.39 is 23.6 Å². The Kier molecular flexibility index (Phi) is 4.90. The SMILES string of the molecule is O=C(Nc1cccc(Cl)c1)c1cnn2c(C(F)(F)F)cc(-c3ccc(F)cc3)nc12. The molecule has 0 bridgehead atoms. The number of hydrogen-bond acceptors (Lipinski definition) is 3. The summed E-state index contributed by atoms with van der Waals surface area (Å²) in [6.45, 7) is 0. The Balaban J connectivity index is 1.84. The van der Waals surface area contributed by atoms with Gasteiger partial charge < -0.3 is 5.32 Å². The second-order valence-corrected chi connectivity index (χ2v) is 6.73. The molecule has 2 aromatic heterocycles. The quantitative estimate of drug-likeness (QED) is 0.436. The number of amides is 1. The van der Waals surface area contributed by atoms with Crippen LogP contribution in [-0.2, 0) is 6.18 Å². The fourth-order valence-corrected chi connectivity index (χ4v) is 3.05. The van der Waals surface area contributed by atoms with Crippen molar-refractivity contribution in [2.75, 3.05) is 5.32 Å². The van der Waals surface area contributed by atoms with Gasteiger partial charge in [0.25, 0.3) is 5.91 Å². The maximum absolute atomic E-state index is 13.6. The van der Waals surface area contributed by atoms with Crippen LogP contribution in [0.2, 0.25) is 5.02 Å². The standard InChI is InChI=1S/C20H11ClF4N4O/c21-12-2-1-3-14(8-12)27-19(30)15-10-26-29-17(20(23,24)25)9-16(28-18(15)29)11-4-6-13(22)7-5-11/h1-10H,(H,27,30). The summed E-state index contributed by atoms with van der Waals surface area (Å²) in [6.07, 6.45) is -3.76. The number of nitrogens with one attached hydrogen (secondary N) is 1. The summed E-state index contributed by atoms with van der Waals surface area (Å²) in [5.74, 6) is -1.24. The molecule has 0 saturated heterocycles. The predicted molar refractivity (Wildman–Crippen MR) is 103 cm³/mol. The van der Waals surface area contributed by atoms with Crippen LogP contribution in [0, 0.1) is 5.82 Å². The lowest BCUT2D eigenvalue weighted by Gasteiger charge is -2.12. The zero-order valence-corrected chi connectivity index (χ0v) is 15.7. The third-order valence-electron chi connectivity index (χ3n) is 4.23. The van der Waals surface area contributed by atoms with E-state index in [0.717, 1.165) is 24.4 Å². The Labute approximate surface area is 171 Å². The van der Waals surface area contributed by atoms with Gasteiger partial charge in [-0.05, 0) is 48.5 Å². The highest BCUT2D eigenvalue weighted by molar-refractivity contribution is 6.31. The molecule has 0 radical (unpaired) electrons. The van der Waals surface area contributed by atoms with E-state index in [9.17, 15) is 22.4 Å². The van der Waals surface area contributed by atoms with Crippen molar-refractivity contribution in [2.24, 2.45) is 0 Å². The normalized spacial score (nSPS) is 11.6. The van der Waals surface area contributed by atoms with Crippen LogP contribution in [0.4, 0.5) is 23.2 Å². The van der Waals surface area contributed by atoms with Crippen LogP contribution in [0.1, 0.15) is 16.1 Å². The molecule has 4 rings (SSSR count). The summed E-state index contributed by atoms with van der Waals surface area (Å²) in [5, 5.41) is 6.63. The maximum atomic E-state index is 13.6. The number of aromatic nitrogens is 3. The summed E-state index contributed by atoms with van der Waals surface area (Å²) in [5.41, 5.74) is -1.03. The molecular weight excluding hydrogens is 424 g/mol. The third-order valence-corrected chi connectivity index (χ3v) is 4.46. The van der Waals surface area contributed by atoms with E-state index in [-0.39, 0.29) is 22.5 Å². The van der Waals surface area contributed by atoms with Gasteiger partial charge in [0.05, 0.1) is 11.9 Å². The van der Waals surface area contributed by atoms with Crippen LogP contribution < -0.4 is 5.32 Å². The first-order valence-electron chi connectivity index (χ1n) is 8.51. The van der Waals surface area contributed by atoms with Gasteiger partial charge in [-0.2, -0.15) is 18.3 Å². The summed E-state index contributed by atoms with van der Waals surface area (Å²) >= 11 is 5.89. The summed E-state index contributed by atoms with van der Waals surface area (Å²) < 4.78 is 54.6. The van der Waals surface area contributed by atoms with Gasteiger partial charge in [0.2, 0.25) is 0 Å². The van der Waals surface area contributed by atoms with Gasteiger partial charge in [-0.15, -0.1) is 0 Å². The summed E-state index contributed by atoms with van der Waals surface area (Å²) in [6, 6.07) is 11.9.